The lowest BCUT2D eigenvalue weighted by Crippen LogP contribution is -2.32. The fourth-order valence-electron chi connectivity index (χ4n) is 1.36. The molecule has 0 saturated heterocycles. The number of rotatable bonds is 5. The van der Waals surface area contributed by atoms with Gasteiger partial charge in [0.05, 0.1) is 6.10 Å². The summed E-state index contributed by atoms with van der Waals surface area (Å²) in [6.45, 7) is 3.88. The van der Waals surface area contributed by atoms with E-state index in [1.807, 2.05) is 38.1 Å². The van der Waals surface area contributed by atoms with Crippen LogP contribution in [0.15, 0.2) is 24.3 Å². The van der Waals surface area contributed by atoms with Gasteiger partial charge in [0.25, 0.3) is 0 Å². The first-order chi connectivity index (χ1) is 7.49. The van der Waals surface area contributed by atoms with Gasteiger partial charge in [0, 0.05) is 0 Å². The van der Waals surface area contributed by atoms with Gasteiger partial charge in [-0.3, -0.25) is 4.79 Å². The number of benzene rings is 1. The van der Waals surface area contributed by atoms with Crippen molar-refractivity contribution in [3.63, 3.8) is 0 Å². The van der Waals surface area contributed by atoms with Gasteiger partial charge in [0.1, 0.15) is 11.8 Å². The molecule has 0 amide bonds. The number of hydrogen-bond donors (Lipinski definition) is 2. The fourth-order valence-corrected chi connectivity index (χ4v) is 1.36. The highest BCUT2D eigenvalue weighted by Gasteiger charge is 2.12. The van der Waals surface area contributed by atoms with E-state index >= 15 is 0 Å². The Morgan fingerprint density at radius 2 is 2.19 bits per heavy atom. The Kier molecular flexibility index (Phi) is 4.31. The number of carbonyl (C=O) groups is 1. The van der Waals surface area contributed by atoms with Gasteiger partial charge in [-0.1, -0.05) is 12.1 Å². The maximum atomic E-state index is 10.6. The van der Waals surface area contributed by atoms with Crippen molar-refractivity contribution in [2.45, 2.75) is 32.4 Å². The SMILES string of the molecule is CC(C)Oc1cccc(CC(N)C(=O)O)c1. The Morgan fingerprint density at radius 1 is 1.50 bits per heavy atom. The summed E-state index contributed by atoms with van der Waals surface area (Å²) in [6.07, 6.45) is 0.411. The molecule has 0 heterocycles. The van der Waals surface area contributed by atoms with E-state index in [-0.39, 0.29) is 6.10 Å². The van der Waals surface area contributed by atoms with Crippen molar-refractivity contribution in [2.24, 2.45) is 5.73 Å². The molecule has 1 aromatic rings. The lowest BCUT2D eigenvalue weighted by atomic mass is 10.1. The predicted molar refractivity (Wildman–Crippen MR) is 61.5 cm³/mol. The van der Waals surface area contributed by atoms with Crippen LogP contribution >= 0.6 is 0 Å². The van der Waals surface area contributed by atoms with Crippen LogP contribution in [0.4, 0.5) is 0 Å². The van der Waals surface area contributed by atoms with Crippen LogP contribution in [-0.2, 0) is 11.2 Å². The molecule has 0 fully saturated rings. The molecule has 0 aliphatic rings. The first kappa shape index (κ1) is 12.5. The van der Waals surface area contributed by atoms with Crippen molar-refractivity contribution in [3.05, 3.63) is 29.8 Å². The molecular weight excluding hydrogens is 206 g/mol. The van der Waals surface area contributed by atoms with Gasteiger partial charge in [0.2, 0.25) is 0 Å². The third-order valence-electron chi connectivity index (χ3n) is 2.04. The summed E-state index contributed by atoms with van der Waals surface area (Å²) < 4.78 is 5.51. The highest BCUT2D eigenvalue weighted by Crippen LogP contribution is 2.15. The van der Waals surface area contributed by atoms with E-state index in [1.165, 1.54) is 0 Å². The number of nitrogens with two attached hydrogens (primary N) is 1. The molecular formula is C12H17NO3. The molecule has 16 heavy (non-hydrogen) atoms. The van der Waals surface area contributed by atoms with Gasteiger partial charge in [-0.2, -0.15) is 0 Å². The second-order valence-electron chi connectivity index (χ2n) is 3.96. The third kappa shape index (κ3) is 3.90. The average Bonchev–Trinajstić information content (AvgIpc) is 2.16. The molecule has 0 aliphatic carbocycles. The molecule has 4 nitrogen and oxygen atoms in total. The number of hydrogen-bond acceptors (Lipinski definition) is 3. The van der Waals surface area contributed by atoms with Crippen molar-refractivity contribution in [3.8, 4) is 5.75 Å². The van der Waals surface area contributed by atoms with E-state index in [1.54, 1.807) is 0 Å². The Hall–Kier alpha value is -1.55. The molecule has 0 spiro atoms. The minimum atomic E-state index is -0.991. The van der Waals surface area contributed by atoms with E-state index in [2.05, 4.69) is 0 Å². The van der Waals surface area contributed by atoms with Crippen LogP contribution in [0.25, 0.3) is 0 Å². The van der Waals surface area contributed by atoms with E-state index in [4.69, 9.17) is 15.6 Å². The molecule has 3 N–H and O–H groups in total. The first-order valence-electron chi connectivity index (χ1n) is 5.23. The Balaban J connectivity index is 2.70. The van der Waals surface area contributed by atoms with Gasteiger partial charge in [-0.05, 0) is 38.0 Å². The van der Waals surface area contributed by atoms with Crippen molar-refractivity contribution in [1.29, 1.82) is 0 Å². The van der Waals surface area contributed by atoms with Crippen LogP contribution in [0.1, 0.15) is 19.4 Å². The third-order valence-corrected chi connectivity index (χ3v) is 2.04. The normalized spacial score (nSPS) is 12.5. The predicted octanol–water partition coefficient (Wildman–Crippen LogP) is 1.43. The summed E-state index contributed by atoms with van der Waals surface area (Å²) >= 11 is 0. The van der Waals surface area contributed by atoms with Crippen LogP contribution in [0.3, 0.4) is 0 Å². The highest BCUT2D eigenvalue weighted by atomic mass is 16.5. The van der Waals surface area contributed by atoms with Gasteiger partial charge in [-0.15, -0.1) is 0 Å². The summed E-state index contributed by atoms with van der Waals surface area (Å²) in [5.41, 5.74) is 6.33. The Labute approximate surface area is 95.0 Å². The van der Waals surface area contributed by atoms with Gasteiger partial charge < -0.3 is 15.6 Å². The zero-order chi connectivity index (χ0) is 12.1. The topological polar surface area (TPSA) is 72.5 Å². The number of ether oxygens (including phenoxy) is 1. The summed E-state index contributed by atoms with van der Waals surface area (Å²) in [4.78, 5) is 10.6. The van der Waals surface area contributed by atoms with Crippen molar-refractivity contribution in [2.75, 3.05) is 0 Å². The van der Waals surface area contributed by atoms with Gasteiger partial charge in [-0.25, -0.2) is 0 Å². The molecule has 4 heteroatoms. The lowest BCUT2D eigenvalue weighted by molar-refractivity contribution is -0.138. The summed E-state index contributed by atoms with van der Waals surface area (Å²) in [7, 11) is 0. The van der Waals surface area contributed by atoms with Crippen LogP contribution in [0.5, 0.6) is 5.75 Å². The molecule has 0 bridgehead atoms. The first-order valence-corrected chi connectivity index (χ1v) is 5.23. The molecule has 0 aromatic heterocycles. The van der Waals surface area contributed by atoms with E-state index in [0.29, 0.717) is 6.42 Å². The molecule has 1 rings (SSSR count). The standard InChI is InChI=1S/C12H17NO3/c1-8(2)16-10-5-3-4-9(6-10)7-11(13)12(14)15/h3-6,8,11H,7,13H2,1-2H3,(H,14,15). The average molecular weight is 223 g/mol. The second-order valence-corrected chi connectivity index (χ2v) is 3.96. The molecule has 1 aromatic carbocycles. The van der Waals surface area contributed by atoms with E-state index < -0.39 is 12.0 Å². The monoisotopic (exact) mass is 223 g/mol. The number of carboxylic acid groups (broad SMARTS) is 1. The lowest BCUT2D eigenvalue weighted by Gasteiger charge is -2.11. The molecule has 0 radical (unpaired) electrons. The molecule has 1 atom stereocenters. The van der Waals surface area contributed by atoms with Crippen molar-refractivity contribution >= 4 is 5.97 Å². The second kappa shape index (κ2) is 5.51. The van der Waals surface area contributed by atoms with E-state index in [0.717, 1.165) is 11.3 Å². The molecule has 0 aliphatic heterocycles. The minimum Gasteiger partial charge on any atom is -0.491 e. The highest BCUT2D eigenvalue weighted by molar-refractivity contribution is 5.73. The maximum Gasteiger partial charge on any atom is 0.320 e. The van der Waals surface area contributed by atoms with Crippen molar-refractivity contribution < 1.29 is 14.6 Å². The Bertz CT molecular complexity index is 363. The van der Waals surface area contributed by atoms with Crippen LogP contribution in [0.2, 0.25) is 0 Å². The summed E-state index contributed by atoms with van der Waals surface area (Å²) in [6, 6.07) is 6.48. The summed E-state index contributed by atoms with van der Waals surface area (Å²) in [5.74, 6) is -0.250. The number of carboxylic acids is 1. The summed E-state index contributed by atoms with van der Waals surface area (Å²) in [5, 5.41) is 8.70. The quantitative estimate of drug-likeness (QED) is 0.792. The van der Waals surface area contributed by atoms with Crippen LogP contribution in [0, 0.1) is 0 Å². The fraction of sp³-hybridized carbons (Fsp3) is 0.417. The van der Waals surface area contributed by atoms with Crippen molar-refractivity contribution in [1.82, 2.24) is 0 Å². The zero-order valence-corrected chi connectivity index (χ0v) is 9.51. The maximum absolute atomic E-state index is 10.6. The number of aliphatic carboxylic acids is 1. The van der Waals surface area contributed by atoms with Crippen LogP contribution in [-0.4, -0.2) is 23.2 Å². The molecule has 0 saturated carbocycles. The van der Waals surface area contributed by atoms with E-state index in [9.17, 15) is 4.79 Å². The molecule has 1 unspecified atom stereocenters. The van der Waals surface area contributed by atoms with Crippen LogP contribution < -0.4 is 10.5 Å². The van der Waals surface area contributed by atoms with Gasteiger partial charge >= 0.3 is 5.97 Å². The zero-order valence-electron chi connectivity index (χ0n) is 9.51. The minimum absolute atomic E-state index is 0.100. The Morgan fingerprint density at radius 3 is 2.75 bits per heavy atom. The molecule has 88 valence electrons. The van der Waals surface area contributed by atoms with Gasteiger partial charge in [0.15, 0.2) is 0 Å². The largest absolute Gasteiger partial charge is 0.491 e. The smallest absolute Gasteiger partial charge is 0.320 e.